The summed E-state index contributed by atoms with van der Waals surface area (Å²) in [5, 5.41) is 5.98. The van der Waals surface area contributed by atoms with Crippen molar-refractivity contribution in [2.45, 2.75) is 46.0 Å². The first kappa shape index (κ1) is 27.4. The van der Waals surface area contributed by atoms with Crippen LogP contribution < -0.4 is 16.8 Å². The number of hydrogen-bond donors (Lipinski definition) is 3. The molecule has 5 nitrogen and oxygen atoms in total. The molecule has 0 unspecified atom stereocenters. The van der Waals surface area contributed by atoms with Crippen LogP contribution in [0.4, 0.5) is 0 Å². The lowest BCUT2D eigenvalue weighted by Crippen LogP contribution is -2.29. The number of amidine groups is 1. The molecule has 0 saturated heterocycles. The van der Waals surface area contributed by atoms with Gasteiger partial charge in [0.1, 0.15) is 5.84 Å². The Labute approximate surface area is 196 Å². The summed E-state index contributed by atoms with van der Waals surface area (Å²) in [5.41, 5.74) is 13.4. The third-order valence-corrected chi connectivity index (χ3v) is 5.35. The molecule has 5 N–H and O–H groups in total. The lowest BCUT2D eigenvalue weighted by molar-refractivity contribution is 0.349. The molecule has 1 aliphatic rings. The predicted octanol–water partition coefficient (Wildman–Crippen LogP) is 5.30. The molecule has 0 saturated carbocycles. The third kappa shape index (κ3) is 11.1. The number of fused-ring (bicyclic) bond motifs is 1. The Kier molecular flexibility index (Phi) is 14.5. The second-order valence-electron chi connectivity index (χ2n) is 7.90. The second-order valence-corrected chi connectivity index (χ2v) is 7.90. The summed E-state index contributed by atoms with van der Waals surface area (Å²) in [6.07, 6.45) is 6.90. The van der Waals surface area contributed by atoms with E-state index in [2.05, 4.69) is 91.2 Å². The van der Waals surface area contributed by atoms with E-state index in [4.69, 9.17) is 11.5 Å². The number of nitrogens with one attached hydrogen (secondary N) is 1. The molecule has 0 aromatic heterocycles. The minimum absolute atomic E-state index is 0. The Bertz CT molecular complexity index is 776. The maximum atomic E-state index is 5.79. The van der Waals surface area contributed by atoms with Crippen LogP contribution in [-0.4, -0.2) is 44.0 Å². The Balaban J connectivity index is 0.000000461. The van der Waals surface area contributed by atoms with Gasteiger partial charge >= 0.3 is 0 Å². The van der Waals surface area contributed by atoms with Crippen LogP contribution in [-0.2, 0) is 0 Å². The first-order chi connectivity index (χ1) is 15.5. The number of hydrogen-bond acceptors (Lipinski definition) is 4. The van der Waals surface area contributed by atoms with Crippen LogP contribution in [0.5, 0.6) is 0 Å². The van der Waals surface area contributed by atoms with Crippen molar-refractivity contribution >= 4 is 16.6 Å². The summed E-state index contributed by atoms with van der Waals surface area (Å²) in [5.74, 6) is 0.530. The van der Waals surface area contributed by atoms with Gasteiger partial charge in [-0.15, -0.1) is 0 Å². The minimum atomic E-state index is 0. The second kappa shape index (κ2) is 17.0. The molecule has 0 fully saturated rings. The highest BCUT2D eigenvalue weighted by Crippen LogP contribution is 2.21. The van der Waals surface area contributed by atoms with Crippen molar-refractivity contribution in [2.24, 2.45) is 16.5 Å². The number of rotatable bonds is 8. The highest BCUT2D eigenvalue weighted by molar-refractivity contribution is 5.98. The van der Waals surface area contributed by atoms with Crippen molar-refractivity contribution < 1.29 is 1.43 Å². The van der Waals surface area contributed by atoms with E-state index < -0.39 is 0 Å². The van der Waals surface area contributed by atoms with Crippen LogP contribution in [0.3, 0.4) is 0 Å². The highest BCUT2D eigenvalue weighted by atomic mass is 15.1. The maximum absolute atomic E-state index is 5.79. The van der Waals surface area contributed by atoms with Crippen LogP contribution in [0.2, 0.25) is 0 Å². The summed E-state index contributed by atoms with van der Waals surface area (Å²) < 4.78 is 0. The fourth-order valence-electron chi connectivity index (χ4n) is 3.26. The van der Waals surface area contributed by atoms with E-state index in [9.17, 15) is 0 Å². The average Bonchev–Trinajstić information content (AvgIpc) is 2.83. The van der Waals surface area contributed by atoms with Gasteiger partial charge in [0.2, 0.25) is 0 Å². The normalized spacial score (nSPS) is 13.8. The van der Waals surface area contributed by atoms with Gasteiger partial charge in [-0.3, -0.25) is 0 Å². The number of nitrogens with two attached hydrogens (primary N) is 2. The first-order valence-corrected chi connectivity index (χ1v) is 11.8. The van der Waals surface area contributed by atoms with Crippen molar-refractivity contribution in [3.63, 3.8) is 0 Å². The van der Waals surface area contributed by atoms with Crippen LogP contribution >= 0.6 is 0 Å². The van der Waals surface area contributed by atoms with E-state index in [0.29, 0.717) is 5.84 Å². The molecule has 0 aliphatic heterocycles. The lowest BCUT2D eigenvalue weighted by Gasteiger charge is -2.16. The van der Waals surface area contributed by atoms with Crippen LogP contribution in [0.1, 0.15) is 47.4 Å². The molecule has 0 atom stereocenters. The molecule has 0 spiro atoms. The van der Waals surface area contributed by atoms with Crippen molar-refractivity contribution in [3.05, 3.63) is 72.6 Å². The van der Waals surface area contributed by atoms with Crippen molar-refractivity contribution in [1.82, 2.24) is 10.2 Å². The van der Waals surface area contributed by atoms with Crippen LogP contribution in [0.25, 0.3) is 10.8 Å². The fraction of sp³-hybridized carbons (Fsp3) is 0.444. The van der Waals surface area contributed by atoms with Crippen molar-refractivity contribution in [2.75, 3.05) is 33.2 Å². The maximum Gasteiger partial charge on any atom is 0.128 e. The summed E-state index contributed by atoms with van der Waals surface area (Å²) in [7, 11) is 2.15. The zero-order valence-electron chi connectivity index (χ0n) is 20.3. The smallest absolute Gasteiger partial charge is 0.128 e. The molecule has 0 bridgehead atoms. The summed E-state index contributed by atoms with van der Waals surface area (Å²) in [6, 6.07) is 16.7. The van der Waals surface area contributed by atoms with Crippen molar-refractivity contribution in [3.8, 4) is 0 Å². The largest absolute Gasteiger partial charge is 0.402 e. The molecule has 2 aromatic carbocycles. The van der Waals surface area contributed by atoms with Gasteiger partial charge in [0.15, 0.2) is 0 Å². The Hall–Kier alpha value is -2.63. The van der Waals surface area contributed by atoms with Gasteiger partial charge < -0.3 is 21.7 Å². The zero-order valence-corrected chi connectivity index (χ0v) is 20.3. The lowest BCUT2D eigenvalue weighted by atomic mass is 9.96. The van der Waals surface area contributed by atoms with Crippen LogP contribution in [0, 0.1) is 0 Å². The molecule has 178 valence electrons. The molecule has 2 aromatic rings. The van der Waals surface area contributed by atoms with Gasteiger partial charge in [0, 0.05) is 32.0 Å². The molecule has 32 heavy (non-hydrogen) atoms. The molecular weight excluding hydrogens is 394 g/mol. The van der Waals surface area contributed by atoms with Gasteiger partial charge in [0.25, 0.3) is 0 Å². The monoisotopic (exact) mass is 439 g/mol. The van der Waals surface area contributed by atoms with Gasteiger partial charge in [-0.25, -0.2) is 4.99 Å². The Morgan fingerprint density at radius 2 is 1.62 bits per heavy atom. The third-order valence-electron chi connectivity index (χ3n) is 5.35. The number of aliphatic imine (C=N–C) groups is 1. The van der Waals surface area contributed by atoms with Gasteiger partial charge in [-0.05, 0) is 63.0 Å². The average molecular weight is 440 g/mol. The number of allylic oxidation sites excluding steroid dienone is 1. The van der Waals surface area contributed by atoms with Crippen molar-refractivity contribution in [1.29, 1.82) is 0 Å². The van der Waals surface area contributed by atoms with Crippen LogP contribution in [0.15, 0.2) is 77.6 Å². The highest BCUT2D eigenvalue weighted by Gasteiger charge is 2.12. The van der Waals surface area contributed by atoms with E-state index in [1.165, 1.54) is 23.4 Å². The SMILES string of the molecule is C=CN=C(N)C1=C(N)CCCC1.CCCNCCN(C)CC.[HH].c1ccc2ccccc2c1. The molecule has 0 amide bonds. The molecule has 3 rings (SSSR count). The van der Waals surface area contributed by atoms with E-state index in [0.717, 1.165) is 63.1 Å². The van der Waals surface area contributed by atoms with Gasteiger partial charge in [0.05, 0.1) is 0 Å². The molecule has 0 radical (unpaired) electrons. The number of nitrogens with zero attached hydrogens (tertiary/aromatic N) is 2. The van der Waals surface area contributed by atoms with E-state index in [-0.39, 0.29) is 1.43 Å². The fourth-order valence-corrected chi connectivity index (χ4v) is 3.26. The molecule has 0 heterocycles. The zero-order chi connectivity index (χ0) is 23.6. The number of benzene rings is 2. The topological polar surface area (TPSA) is 79.7 Å². The van der Waals surface area contributed by atoms with Gasteiger partial charge in [-0.1, -0.05) is 69.0 Å². The minimum Gasteiger partial charge on any atom is -0.402 e. The molecule has 1 aliphatic carbocycles. The Morgan fingerprint density at radius 3 is 2.09 bits per heavy atom. The molecule has 5 heteroatoms. The Morgan fingerprint density at radius 1 is 1.06 bits per heavy atom. The summed E-state index contributed by atoms with van der Waals surface area (Å²) >= 11 is 0. The predicted molar refractivity (Wildman–Crippen MR) is 144 cm³/mol. The quantitative estimate of drug-likeness (QED) is 0.296. The molecular formula is C27H45N5. The first-order valence-electron chi connectivity index (χ1n) is 11.8. The van der Waals surface area contributed by atoms with E-state index >= 15 is 0 Å². The van der Waals surface area contributed by atoms with E-state index in [1.807, 2.05) is 0 Å². The van der Waals surface area contributed by atoms with E-state index in [1.54, 1.807) is 0 Å². The number of likely N-dealkylation sites (N-methyl/N-ethyl adjacent to an activating group) is 1. The summed E-state index contributed by atoms with van der Waals surface area (Å²) in [6.45, 7) is 12.4. The standard InChI is InChI=1S/C10H8.C9H15N3.C8H20N2.H2/c1-2-6-10-8-4-3-7-9(10)5-1;1-2-12-9(11)7-5-3-4-6-8(7)10;1-4-6-9-7-8-10(3)5-2;/h1-8H;2H,1,3-6,10H2,(H2,11,12);9H,4-8H2,1-3H3;1H. The van der Waals surface area contributed by atoms with Gasteiger partial charge in [-0.2, -0.15) is 0 Å². The summed E-state index contributed by atoms with van der Waals surface area (Å²) in [4.78, 5) is 6.23.